The number of thiophene rings is 1. The number of halogens is 1. The quantitative estimate of drug-likeness (QED) is 0.546. The average molecular weight is 389 g/mol. The van der Waals surface area contributed by atoms with Gasteiger partial charge in [0.1, 0.15) is 0 Å². The van der Waals surface area contributed by atoms with Crippen LogP contribution in [0.25, 0.3) is 6.08 Å². The Kier molecular flexibility index (Phi) is 3.97. The van der Waals surface area contributed by atoms with Gasteiger partial charge in [0.05, 0.1) is 12.1 Å². The Morgan fingerprint density at radius 3 is 2.85 bits per heavy atom. The summed E-state index contributed by atoms with van der Waals surface area (Å²) in [4.78, 5) is 15.1. The molecule has 0 spiro atoms. The monoisotopic (exact) mass is 388 g/mol. The number of aromatic hydroxyl groups is 1. The third kappa shape index (κ3) is 2.50. The van der Waals surface area contributed by atoms with Crippen LogP contribution in [-0.2, 0) is 6.42 Å². The maximum Gasteiger partial charge on any atom is 0.186 e. The molecule has 136 valence electrons. The van der Waals surface area contributed by atoms with E-state index in [2.05, 4.69) is 20.8 Å². The van der Waals surface area contributed by atoms with Crippen LogP contribution in [0.1, 0.15) is 51.0 Å². The minimum absolute atomic E-state index is 0.108. The van der Waals surface area contributed by atoms with Crippen molar-refractivity contribution in [2.24, 2.45) is 11.3 Å². The van der Waals surface area contributed by atoms with E-state index in [-0.39, 0.29) is 22.3 Å². The van der Waals surface area contributed by atoms with Gasteiger partial charge < -0.3 is 9.84 Å². The summed E-state index contributed by atoms with van der Waals surface area (Å²) < 4.78 is 5.07. The molecule has 0 unspecified atom stereocenters. The lowest BCUT2D eigenvalue weighted by atomic mass is 9.95. The second kappa shape index (κ2) is 5.86. The zero-order valence-corrected chi connectivity index (χ0v) is 16.8. The van der Waals surface area contributed by atoms with Crippen molar-refractivity contribution in [3.8, 4) is 11.5 Å². The molecule has 1 aromatic carbocycles. The number of phenolic OH excluding ortho intramolecular Hbond substituents is 1. The number of carbonyl (C=O) groups is 1. The molecule has 3 nitrogen and oxygen atoms in total. The number of carbonyl (C=O) groups excluding carboxylic acids is 1. The highest BCUT2D eigenvalue weighted by molar-refractivity contribution is 7.13. The molecule has 2 aliphatic carbocycles. The minimum Gasteiger partial charge on any atom is -0.503 e. The predicted octanol–water partition coefficient (Wildman–Crippen LogP) is 5.62. The highest BCUT2D eigenvalue weighted by atomic mass is 35.5. The second-order valence-electron chi connectivity index (χ2n) is 7.73. The summed E-state index contributed by atoms with van der Waals surface area (Å²) in [5.41, 5.74) is 3.77. The maximum absolute atomic E-state index is 12.6. The van der Waals surface area contributed by atoms with Crippen LogP contribution in [-0.4, -0.2) is 18.0 Å². The molecule has 0 radical (unpaired) electrons. The summed E-state index contributed by atoms with van der Waals surface area (Å²) in [6.07, 6.45) is 4.62. The number of phenols is 1. The Morgan fingerprint density at radius 1 is 1.42 bits per heavy atom. The zero-order chi connectivity index (χ0) is 18.8. The number of aryl methyl sites for hydroxylation is 1. The van der Waals surface area contributed by atoms with Gasteiger partial charge in [0.25, 0.3) is 0 Å². The van der Waals surface area contributed by atoms with E-state index >= 15 is 0 Å². The number of hydrogen-bond acceptors (Lipinski definition) is 4. The molecule has 1 saturated carbocycles. The van der Waals surface area contributed by atoms with Crippen LogP contribution in [0.5, 0.6) is 11.5 Å². The number of methoxy groups -OCH3 is 1. The van der Waals surface area contributed by atoms with E-state index in [9.17, 15) is 9.90 Å². The first-order chi connectivity index (χ1) is 12.3. The fraction of sp³-hybridized carbons (Fsp3) is 0.381. The van der Waals surface area contributed by atoms with Gasteiger partial charge in [0.2, 0.25) is 0 Å². The van der Waals surface area contributed by atoms with Crippen molar-refractivity contribution in [1.29, 1.82) is 0 Å². The van der Waals surface area contributed by atoms with Gasteiger partial charge >= 0.3 is 0 Å². The van der Waals surface area contributed by atoms with E-state index in [1.165, 1.54) is 40.1 Å². The molecule has 1 fully saturated rings. The Balaban J connectivity index is 1.61. The first kappa shape index (κ1) is 17.6. The molecule has 4 rings (SSSR count). The molecule has 0 saturated heterocycles. The number of benzene rings is 1. The normalized spacial score (nSPS) is 22.3. The van der Waals surface area contributed by atoms with Gasteiger partial charge in [0, 0.05) is 15.3 Å². The Hall–Kier alpha value is -1.78. The number of hydrogen-bond donors (Lipinski definition) is 1. The summed E-state index contributed by atoms with van der Waals surface area (Å²) in [7, 11) is 1.43. The Morgan fingerprint density at radius 2 is 2.15 bits per heavy atom. The van der Waals surface area contributed by atoms with Crippen molar-refractivity contribution in [3.63, 3.8) is 0 Å². The van der Waals surface area contributed by atoms with E-state index in [1.54, 1.807) is 17.4 Å². The fourth-order valence-corrected chi connectivity index (χ4v) is 5.77. The topological polar surface area (TPSA) is 46.5 Å². The van der Waals surface area contributed by atoms with E-state index in [1.807, 2.05) is 6.08 Å². The first-order valence-electron chi connectivity index (χ1n) is 8.66. The van der Waals surface area contributed by atoms with E-state index < -0.39 is 0 Å². The molecule has 2 atom stereocenters. The standard InChI is InChI=1S/C21H21ClO3S/c1-10-18-12(9-13-19(18)21(13,2)3)17(26-10)6-5-15(23)11-7-14(22)20(24)16(8-11)25-4/h5-8,13,19,24H,9H2,1-4H3/t13-,19-/m1/s1. The summed E-state index contributed by atoms with van der Waals surface area (Å²) in [5.74, 6) is 1.33. The maximum atomic E-state index is 12.6. The van der Waals surface area contributed by atoms with E-state index in [4.69, 9.17) is 16.3 Å². The molecular formula is C21H21ClO3S. The molecule has 0 amide bonds. The predicted molar refractivity (Wildman–Crippen MR) is 106 cm³/mol. The van der Waals surface area contributed by atoms with Crippen molar-refractivity contribution in [3.05, 3.63) is 49.7 Å². The molecule has 2 aliphatic rings. The van der Waals surface area contributed by atoms with Gasteiger partial charge in [-0.25, -0.2) is 0 Å². The number of rotatable bonds is 4. The smallest absolute Gasteiger partial charge is 0.186 e. The van der Waals surface area contributed by atoms with Crippen LogP contribution in [0.2, 0.25) is 5.02 Å². The zero-order valence-electron chi connectivity index (χ0n) is 15.2. The summed E-state index contributed by atoms with van der Waals surface area (Å²) >= 11 is 7.75. The summed E-state index contributed by atoms with van der Waals surface area (Å²) in [6.45, 7) is 6.89. The van der Waals surface area contributed by atoms with Crippen LogP contribution in [0.15, 0.2) is 18.2 Å². The molecule has 1 N–H and O–H groups in total. The Labute approximate surface area is 162 Å². The number of ether oxygens (including phenoxy) is 1. The van der Waals surface area contributed by atoms with Gasteiger partial charge in [0.15, 0.2) is 17.3 Å². The van der Waals surface area contributed by atoms with Gasteiger partial charge in [-0.15, -0.1) is 11.3 Å². The van der Waals surface area contributed by atoms with Crippen molar-refractivity contribution in [2.75, 3.05) is 7.11 Å². The van der Waals surface area contributed by atoms with Crippen molar-refractivity contribution in [2.45, 2.75) is 33.1 Å². The number of allylic oxidation sites excluding steroid dienone is 1. The molecule has 5 heteroatoms. The van der Waals surface area contributed by atoms with Crippen molar-refractivity contribution >= 4 is 34.8 Å². The van der Waals surface area contributed by atoms with Crippen LogP contribution in [0, 0.1) is 18.3 Å². The van der Waals surface area contributed by atoms with Gasteiger partial charge in [-0.3, -0.25) is 4.79 Å². The summed E-state index contributed by atoms with van der Waals surface area (Å²) in [5, 5.41) is 9.91. The average Bonchev–Trinajstić information content (AvgIpc) is 2.94. The molecule has 26 heavy (non-hydrogen) atoms. The minimum atomic E-state index is -0.159. The number of ketones is 1. The SMILES string of the molecule is COc1cc(C(=O)C=Cc2sc(C)c3c2C[C@@H]2[C@H]3C2(C)C)cc(Cl)c1O. The largest absolute Gasteiger partial charge is 0.503 e. The highest BCUT2D eigenvalue weighted by Gasteiger charge is 2.63. The third-order valence-corrected chi connectivity index (χ3v) is 7.39. The van der Waals surface area contributed by atoms with Crippen molar-refractivity contribution < 1.29 is 14.6 Å². The van der Waals surface area contributed by atoms with Gasteiger partial charge in [-0.2, -0.15) is 0 Å². The fourth-order valence-electron chi connectivity index (χ4n) is 4.42. The highest BCUT2D eigenvalue weighted by Crippen LogP contribution is 2.71. The van der Waals surface area contributed by atoms with Crippen LogP contribution in [0.3, 0.4) is 0 Å². The van der Waals surface area contributed by atoms with E-state index in [0.29, 0.717) is 16.9 Å². The number of fused-ring (bicyclic) bond motifs is 3. The van der Waals surface area contributed by atoms with Gasteiger partial charge in [-0.05, 0) is 66.0 Å². The third-order valence-electron chi connectivity index (χ3n) is 5.97. The first-order valence-corrected chi connectivity index (χ1v) is 9.86. The van der Waals surface area contributed by atoms with Crippen LogP contribution >= 0.6 is 22.9 Å². The lowest BCUT2D eigenvalue weighted by Gasteiger charge is -2.09. The molecule has 1 aromatic heterocycles. The molecule has 0 aliphatic heterocycles. The lowest BCUT2D eigenvalue weighted by Crippen LogP contribution is -2.00. The molecule has 2 aromatic rings. The van der Waals surface area contributed by atoms with Crippen LogP contribution in [0.4, 0.5) is 0 Å². The van der Waals surface area contributed by atoms with Gasteiger partial charge in [-0.1, -0.05) is 25.4 Å². The Bertz CT molecular complexity index is 955. The van der Waals surface area contributed by atoms with Crippen molar-refractivity contribution in [1.82, 2.24) is 0 Å². The van der Waals surface area contributed by atoms with Crippen LogP contribution < -0.4 is 4.74 Å². The second-order valence-corrected chi connectivity index (χ2v) is 9.39. The summed E-state index contributed by atoms with van der Waals surface area (Å²) in [6, 6.07) is 2.98. The lowest BCUT2D eigenvalue weighted by molar-refractivity contribution is 0.104. The molecular weight excluding hydrogens is 368 g/mol. The van der Waals surface area contributed by atoms with E-state index in [0.717, 1.165) is 12.3 Å². The molecule has 0 bridgehead atoms. The molecule has 1 heterocycles.